The zero-order valence-corrected chi connectivity index (χ0v) is 10.4. The zero-order chi connectivity index (χ0) is 13.8. The Bertz CT molecular complexity index is 510. The molecule has 1 aliphatic heterocycles. The van der Waals surface area contributed by atoms with Gasteiger partial charge in [0.2, 0.25) is 17.7 Å². The molecular formula is C13H15N3O3. The molecule has 19 heavy (non-hydrogen) atoms. The summed E-state index contributed by atoms with van der Waals surface area (Å²) in [4.78, 5) is 35.5. The molecule has 0 spiro atoms. The Hall–Kier alpha value is -2.37. The largest absolute Gasteiger partial charge is 0.366 e. The molecule has 3 amide bonds. The third-order valence-electron chi connectivity index (χ3n) is 2.96. The number of nitrogens with zero attached hydrogens (tertiary/aromatic N) is 1. The summed E-state index contributed by atoms with van der Waals surface area (Å²) in [6.45, 7) is 0.698. The zero-order valence-electron chi connectivity index (χ0n) is 10.4. The lowest BCUT2D eigenvalue weighted by Crippen LogP contribution is -2.33. The first-order chi connectivity index (χ1) is 9.06. The molecule has 6 heteroatoms. The first-order valence-corrected chi connectivity index (χ1v) is 6.04. The Morgan fingerprint density at radius 3 is 2.47 bits per heavy atom. The molecule has 6 nitrogen and oxygen atoms in total. The number of benzene rings is 1. The van der Waals surface area contributed by atoms with Crippen molar-refractivity contribution in [1.82, 2.24) is 4.90 Å². The number of anilines is 1. The van der Waals surface area contributed by atoms with Gasteiger partial charge in [-0.05, 0) is 30.7 Å². The average molecular weight is 261 g/mol. The van der Waals surface area contributed by atoms with Crippen LogP contribution in [0.2, 0.25) is 0 Å². The first kappa shape index (κ1) is 13.1. The maximum Gasteiger partial charge on any atom is 0.248 e. The summed E-state index contributed by atoms with van der Waals surface area (Å²) in [5, 5.41) is 2.67. The lowest BCUT2D eigenvalue weighted by Gasteiger charge is -2.14. The molecule has 1 aromatic rings. The van der Waals surface area contributed by atoms with Gasteiger partial charge in [0.15, 0.2) is 0 Å². The van der Waals surface area contributed by atoms with Crippen molar-refractivity contribution in [3.63, 3.8) is 0 Å². The number of hydrogen-bond acceptors (Lipinski definition) is 3. The molecule has 1 heterocycles. The van der Waals surface area contributed by atoms with E-state index in [1.165, 1.54) is 4.90 Å². The van der Waals surface area contributed by atoms with Crippen molar-refractivity contribution < 1.29 is 14.4 Å². The molecule has 1 aromatic carbocycles. The second-order valence-electron chi connectivity index (χ2n) is 4.41. The van der Waals surface area contributed by atoms with E-state index in [4.69, 9.17) is 5.73 Å². The van der Waals surface area contributed by atoms with Gasteiger partial charge in [0.1, 0.15) is 0 Å². The summed E-state index contributed by atoms with van der Waals surface area (Å²) in [5.74, 6) is -0.748. The molecule has 0 aromatic heterocycles. The van der Waals surface area contributed by atoms with Crippen LogP contribution in [0.15, 0.2) is 24.3 Å². The molecule has 2 rings (SSSR count). The fourth-order valence-corrected chi connectivity index (χ4v) is 1.96. The summed E-state index contributed by atoms with van der Waals surface area (Å²) in [7, 11) is 0. The Kier molecular flexibility index (Phi) is 3.79. The lowest BCUT2D eigenvalue weighted by molar-refractivity contribution is -0.131. The van der Waals surface area contributed by atoms with Crippen LogP contribution < -0.4 is 11.1 Å². The van der Waals surface area contributed by atoms with Crippen molar-refractivity contribution in [3.8, 4) is 0 Å². The van der Waals surface area contributed by atoms with Crippen LogP contribution in [0.4, 0.5) is 5.69 Å². The standard InChI is InChI=1S/C13H15N3O3/c14-13(19)9-3-5-10(6-4-9)15-11(17)8-16-7-1-2-12(16)18/h3-6H,1-2,7-8H2,(H2,14,19)(H,15,17). The number of nitrogens with one attached hydrogen (secondary N) is 1. The van der Waals surface area contributed by atoms with Crippen molar-refractivity contribution in [2.45, 2.75) is 12.8 Å². The van der Waals surface area contributed by atoms with E-state index in [0.29, 0.717) is 24.2 Å². The van der Waals surface area contributed by atoms with Crippen molar-refractivity contribution in [3.05, 3.63) is 29.8 Å². The molecule has 0 unspecified atom stereocenters. The molecule has 3 N–H and O–H groups in total. The predicted octanol–water partition coefficient (Wildman–Crippen LogP) is 0.346. The minimum absolute atomic E-state index is 0.0132. The minimum Gasteiger partial charge on any atom is -0.366 e. The van der Waals surface area contributed by atoms with Gasteiger partial charge < -0.3 is 16.0 Å². The first-order valence-electron chi connectivity index (χ1n) is 6.04. The fourth-order valence-electron chi connectivity index (χ4n) is 1.96. The van der Waals surface area contributed by atoms with Crippen LogP contribution in [0, 0.1) is 0 Å². The van der Waals surface area contributed by atoms with Gasteiger partial charge in [0.25, 0.3) is 0 Å². The van der Waals surface area contributed by atoms with Crippen molar-refractivity contribution in [2.24, 2.45) is 5.73 Å². The number of likely N-dealkylation sites (tertiary alicyclic amines) is 1. The lowest BCUT2D eigenvalue weighted by atomic mass is 10.2. The highest BCUT2D eigenvalue weighted by Gasteiger charge is 2.22. The summed E-state index contributed by atoms with van der Waals surface area (Å²) in [6, 6.07) is 6.28. The normalized spacial score (nSPS) is 14.5. The van der Waals surface area contributed by atoms with E-state index in [2.05, 4.69) is 5.32 Å². The van der Waals surface area contributed by atoms with Crippen LogP contribution in [0.1, 0.15) is 23.2 Å². The summed E-state index contributed by atoms with van der Waals surface area (Å²) < 4.78 is 0. The van der Waals surface area contributed by atoms with E-state index in [-0.39, 0.29) is 18.4 Å². The van der Waals surface area contributed by atoms with Gasteiger partial charge in [0, 0.05) is 24.2 Å². The maximum atomic E-state index is 11.7. The fraction of sp³-hybridized carbons (Fsp3) is 0.308. The monoisotopic (exact) mass is 261 g/mol. The van der Waals surface area contributed by atoms with Crippen LogP contribution in [0.25, 0.3) is 0 Å². The number of primary amides is 1. The molecule has 0 radical (unpaired) electrons. The second kappa shape index (κ2) is 5.51. The van der Waals surface area contributed by atoms with Gasteiger partial charge >= 0.3 is 0 Å². The smallest absolute Gasteiger partial charge is 0.248 e. The number of rotatable bonds is 4. The summed E-state index contributed by atoms with van der Waals surface area (Å²) >= 11 is 0. The number of carbonyl (C=O) groups is 3. The summed E-state index contributed by atoms with van der Waals surface area (Å²) in [5.41, 5.74) is 6.07. The van der Waals surface area contributed by atoms with Gasteiger partial charge in [-0.25, -0.2) is 0 Å². The highest BCUT2D eigenvalue weighted by Crippen LogP contribution is 2.11. The van der Waals surface area contributed by atoms with Gasteiger partial charge in [-0.1, -0.05) is 0 Å². The van der Waals surface area contributed by atoms with Crippen molar-refractivity contribution in [2.75, 3.05) is 18.4 Å². The van der Waals surface area contributed by atoms with E-state index in [1.54, 1.807) is 24.3 Å². The minimum atomic E-state index is -0.513. The average Bonchev–Trinajstić information content (AvgIpc) is 2.75. The Balaban J connectivity index is 1.91. The van der Waals surface area contributed by atoms with Crippen LogP contribution in [0.5, 0.6) is 0 Å². The van der Waals surface area contributed by atoms with Crippen molar-refractivity contribution in [1.29, 1.82) is 0 Å². The number of carbonyl (C=O) groups excluding carboxylic acids is 3. The highest BCUT2D eigenvalue weighted by molar-refractivity contribution is 5.96. The van der Waals surface area contributed by atoms with Gasteiger partial charge in [-0.2, -0.15) is 0 Å². The van der Waals surface area contributed by atoms with Crippen molar-refractivity contribution >= 4 is 23.4 Å². The van der Waals surface area contributed by atoms with E-state index in [0.717, 1.165) is 6.42 Å². The Labute approximate surface area is 110 Å². The second-order valence-corrected chi connectivity index (χ2v) is 4.41. The van der Waals surface area contributed by atoms with E-state index < -0.39 is 5.91 Å². The van der Waals surface area contributed by atoms with Gasteiger partial charge in [0.05, 0.1) is 6.54 Å². The number of hydrogen-bond donors (Lipinski definition) is 2. The third-order valence-corrected chi connectivity index (χ3v) is 2.96. The molecule has 100 valence electrons. The molecular weight excluding hydrogens is 246 g/mol. The van der Waals surface area contributed by atoms with Gasteiger partial charge in [-0.15, -0.1) is 0 Å². The van der Waals surface area contributed by atoms with Gasteiger partial charge in [-0.3, -0.25) is 14.4 Å². The van der Waals surface area contributed by atoms with Crippen LogP contribution in [-0.2, 0) is 9.59 Å². The van der Waals surface area contributed by atoms with E-state index in [1.807, 2.05) is 0 Å². The molecule has 0 saturated carbocycles. The SMILES string of the molecule is NC(=O)c1ccc(NC(=O)CN2CCCC2=O)cc1. The third kappa shape index (κ3) is 3.31. The Morgan fingerprint density at radius 1 is 1.26 bits per heavy atom. The van der Waals surface area contributed by atoms with Crippen LogP contribution >= 0.6 is 0 Å². The molecule has 1 aliphatic rings. The number of nitrogens with two attached hydrogens (primary N) is 1. The molecule has 1 fully saturated rings. The van der Waals surface area contributed by atoms with E-state index >= 15 is 0 Å². The summed E-state index contributed by atoms with van der Waals surface area (Å²) in [6.07, 6.45) is 1.32. The number of amides is 3. The molecule has 1 saturated heterocycles. The highest BCUT2D eigenvalue weighted by atomic mass is 16.2. The maximum absolute atomic E-state index is 11.7. The molecule has 0 bridgehead atoms. The topological polar surface area (TPSA) is 92.5 Å². The predicted molar refractivity (Wildman–Crippen MR) is 69.4 cm³/mol. The Morgan fingerprint density at radius 2 is 1.95 bits per heavy atom. The van der Waals surface area contributed by atoms with Crippen LogP contribution in [-0.4, -0.2) is 35.7 Å². The molecule has 0 atom stereocenters. The van der Waals surface area contributed by atoms with E-state index in [9.17, 15) is 14.4 Å². The quantitative estimate of drug-likeness (QED) is 0.818. The molecule has 0 aliphatic carbocycles. The van der Waals surface area contributed by atoms with Crippen LogP contribution in [0.3, 0.4) is 0 Å².